The van der Waals surface area contributed by atoms with Crippen LogP contribution < -0.4 is 11.1 Å². The van der Waals surface area contributed by atoms with Crippen LogP contribution in [0.2, 0.25) is 0 Å². The SMILES string of the molecule is CCC(CCN)CCC(=O)NC1CCCSC1. The van der Waals surface area contributed by atoms with Crippen LogP contribution in [0.1, 0.15) is 45.4 Å². The summed E-state index contributed by atoms with van der Waals surface area (Å²) in [5, 5.41) is 3.15. The van der Waals surface area contributed by atoms with E-state index in [1.165, 1.54) is 12.2 Å². The summed E-state index contributed by atoms with van der Waals surface area (Å²) in [6, 6.07) is 0.413. The lowest BCUT2D eigenvalue weighted by Crippen LogP contribution is -2.38. The molecule has 0 spiro atoms. The molecule has 0 radical (unpaired) electrons. The molecule has 0 aromatic heterocycles. The van der Waals surface area contributed by atoms with Gasteiger partial charge in [-0.3, -0.25) is 4.79 Å². The number of carbonyl (C=O) groups excluding carboxylic acids is 1. The van der Waals surface area contributed by atoms with Gasteiger partial charge in [0, 0.05) is 18.2 Å². The van der Waals surface area contributed by atoms with Crippen LogP contribution in [0.5, 0.6) is 0 Å². The zero-order chi connectivity index (χ0) is 12.5. The Hall–Kier alpha value is -0.220. The van der Waals surface area contributed by atoms with Gasteiger partial charge in [0.2, 0.25) is 5.91 Å². The topological polar surface area (TPSA) is 55.1 Å². The van der Waals surface area contributed by atoms with Crippen LogP contribution in [0.4, 0.5) is 0 Å². The highest BCUT2D eigenvalue weighted by Gasteiger charge is 2.16. The van der Waals surface area contributed by atoms with Crippen molar-refractivity contribution >= 4 is 17.7 Å². The van der Waals surface area contributed by atoms with E-state index in [1.54, 1.807) is 0 Å². The molecule has 4 heteroatoms. The summed E-state index contributed by atoms with van der Waals surface area (Å²) in [7, 11) is 0. The Bertz CT molecular complexity index is 217. The van der Waals surface area contributed by atoms with Gasteiger partial charge in [-0.05, 0) is 43.9 Å². The Balaban J connectivity index is 2.14. The van der Waals surface area contributed by atoms with Crippen molar-refractivity contribution in [2.24, 2.45) is 11.7 Å². The van der Waals surface area contributed by atoms with Crippen molar-refractivity contribution < 1.29 is 4.79 Å². The van der Waals surface area contributed by atoms with Gasteiger partial charge in [-0.25, -0.2) is 0 Å². The molecule has 1 rings (SSSR count). The highest BCUT2D eigenvalue weighted by atomic mass is 32.2. The van der Waals surface area contributed by atoms with Crippen LogP contribution in [0, 0.1) is 5.92 Å². The Morgan fingerprint density at radius 3 is 2.94 bits per heavy atom. The number of nitrogens with one attached hydrogen (secondary N) is 1. The number of amides is 1. The second kappa shape index (κ2) is 8.81. The first-order valence-corrected chi connectivity index (χ1v) is 7.99. The predicted octanol–water partition coefficient (Wildman–Crippen LogP) is 2.15. The van der Waals surface area contributed by atoms with E-state index in [9.17, 15) is 4.79 Å². The molecule has 2 unspecified atom stereocenters. The Morgan fingerprint density at radius 2 is 2.35 bits per heavy atom. The molecule has 100 valence electrons. The fourth-order valence-corrected chi connectivity index (χ4v) is 3.35. The molecular formula is C13H26N2OS. The van der Waals surface area contributed by atoms with Crippen molar-refractivity contribution in [3.63, 3.8) is 0 Å². The minimum atomic E-state index is 0.230. The predicted molar refractivity (Wildman–Crippen MR) is 75.2 cm³/mol. The summed E-state index contributed by atoms with van der Waals surface area (Å²) in [5.74, 6) is 3.19. The second-order valence-electron chi connectivity index (χ2n) is 4.87. The Morgan fingerprint density at radius 1 is 1.53 bits per heavy atom. The van der Waals surface area contributed by atoms with E-state index in [0.717, 1.165) is 38.0 Å². The molecule has 0 aromatic carbocycles. The molecule has 0 saturated carbocycles. The van der Waals surface area contributed by atoms with E-state index in [4.69, 9.17) is 5.73 Å². The zero-order valence-electron chi connectivity index (χ0n) is 10.9. The van der Waals surface area contributed by atoms with E-state index in [-0.39, 0.29) is 5.91 Å². The zero-order valence-corrected chi connectivity index (χ0v) is 11.7. The number of thioether (sulfide) groups is 1. The largest absolute Gasteiger partial charge is 0.353 e. The smallest absolute Gasteiger partial charge is 0.220 e. The van der Waals surface area contributed by atoms with Gasteiger partial charge in [0.25, 0.3) is 0 Å². The standard InChI is InChI=1S/C13H26N2OS/c1-2-11(7-8-14)5-6-13(16)15-12-4-3-9-17-10-12/h11-12H,2-10,14H2,1H3,(H,15,16). The molecule has 1 aliphatic rings. The maximum atomic E-state index is 11.8. The first kappa shape index (κ1) is 14.8. The number of carbonyl (C=O) groups is 1. The summed E-state index contributed by atoms with van der Waals surface area (Å²) in [6.45, 7) is 2.91. The Kier molecular flexibility index (Phi) is 7.69. The fraction of sp³-hybridized carbons (Fsp3) is 0.923. The monoisotopic (exact) mass is 258 g/mol. The molecule has 3 N–H and O–H groups in total. The van der Waals surface area contributed by atoms with Gasteiger partial charge in [0.15, 0.2) is 0 Å². The molecule has 3 nitrogen and oxygen atoms in total. The van der Waals surface area contributed by atoms with Gasteiger partial charge in [-0.2, -0.15) is 11.8 Å². The minimum absolute atomic E-state index is 0.230. The lowest BCUT2D eigenvalue weighted by molar-refractivity contribution is -0.122. The lowest BCUT2D eigenvalue weighted by atomic mass is 9.96. The molecule has 1 aliphatic heterocycles. The van der Waals surface area contributed by atoms with E-state index in [2.05, 4.69) is 12.2 Å². The number of rotatable bonds is 7. The Labute approximate surface area is 109 Å². The highest BCUT2D eigenvalue weighted by molar-refractivity contribution is 7.99. The van der Waals surface area contributed by atoms with E-state index in [1.807, 2.05) is 11.8 Å². The lowest BCUT2D eigenvalue weighted by Gasteiger charge is -2.23. The van der Waals surface area contributed by atoms with Crippen LogP contribution in [-0.4, -0.2) is 30.0 Å². The summed E-state index contributed by atoms with van der Waals surface area (Å²) in [6.07, 6.45) is 6.21. The summed E-state index contributed by atoms with van der Waals surface area (Å²) in [4.78, 5) is 11.8. The molecule has 1 amide bonds. The van der Waals surface area contributed by atoms with Gasteiger partial charge in [0.1, 0.15) is 0 Å². The first-order chi connectivity index (χ1) is 8.26. The van der Waals surface area contributed by atoms with Gasteiger partial charge in [0.05, 0.1) is 0 Å². The third kappa shape index (κ3) is 6.32. The molecule has 0 aliphatic carbocycles. The minimum Gasteiger partial charge on any atom is -0.353 e. The average Bonchev–Trinajstić information content (AvgIpc) is 2.35. The highest BCUT2D eigenvalue weighted by Crippen LogP contribution is 2.18. The van der Waals surface area contributed by atoms with Crippen molar-refractivity contribution in [2.45, 2.75) is 51.5 Å². The van der Waals surface area contributed by atoms with Crippen LogP contribution >= 0.6 is 11.8 Å². The first-order valence-electron chi connectivity index (χ1n) is 6.83. The molecule has 1 fully saturated rings. The van der Waals surface area contributed by atoms with Crippen LogP contribution in [0.3, 0.4) is 0 Å². The molecule has 2 atom stereocenters. The van der Waals surface area contributed by atoms with Gasteiger partial charge in [-0.1, -0.05) is 13.3 Å². The van der Waals surface area contributed by atoms with Crippen molar-refractivity contribution in [1.82, 2.24) is 5.32 Å². The van der Waals surface area contributed by atoms with Crippen molar-refractivity contribution in [3.8, 4) is 0 Å². The third-order valence-corrected chi connectivity index (χ3v) is 4.67. The molecule has 1 saturated heterocycles. The molecule has 17 heavy (non-hydrogen) atoms. The molecule has 0 aromatic rings. The summed E-state index contributed by atoms with van der Waals surface area (Å²) in [5.41, 5.74) is 5.56. The van der Waals surface area contributed by atoms with E-state index < -0.39 is 0 Å². The normalized spacial score (nSPS) is 22.1. The van der Waals surface area contributed by atoms with Crippen molar-refractivity contribution in [2.75, 3.05) is 18.1 Å². The molecular weight excluding hydrogens is 232 g/mol. The summed E-state index contributed by atoms with van der Waals surface area (Å²) >= 11 is 1.95. The maximum absolute atomic E-state index is 11.8. The number of hydrogen-bond acceptors (Lipinski definition) is 3. The number of nitrogens with two attached hydrogens (primary N) is 1. The maximum Gasteiger partial charge on any atom is 0.220 e. The van der Waals surface area contributed by atoms with Gasteiger partial charge in [-0.15, -0.1) is 0 Å². The number of hydrogen-bond donors (Lipinski definition) is 2. The van der Waals surface area contributed by atoms with E-state index >= 15 is 0 Å². The second-order valence-corrected chi connectivity index (χ2v) is 6.02. The van der Waals surface area contributed by atoms with Crippen LogP contribution in [-0.2, 0) is 4.79 Å². The van der Waals surface area contributed by atoms with Crippen molar-refractivity contribution in [3.05, 3.63) is 0 Å². The fourth-order valence-electron chi connectivity index (χ4n) is 2.28. The quantitative estimate of drug-likeness (QED) is 0.736. The van der Waals surface area contributed by atoms with Crippen LogP contribution in [0.25, 0.3) is 0 Å². The van der Waals surface area contributed by atoms with E-state index in [0.29, 0.717) is 18.4 Å². The summed E-state index contributed by atoms with van der Waals surface area (Å²) < 4.78 is 0. The average molecular weight is 258 g/mol. The van der Waals surface area contributed by atoms with Crippen LogP contribution in [0.15, 0.2) is 0 Å². The molecule has 1 heterocycles. The van der Waals surface area contributed by atoms with Gasteiger partial charge < -0.3 is 11.1 Å². The third-order valence-electron chi connectivity index (χ3n) is 3.46. The molecule has 0 bridgehead atoms. The van der Waals surface area contributed by atoms with Gasteiger partial charge >= 0.3 is 0 Å². The van der Waals surface area contributed by atoms with Crippen molar-refractivity contribution in [1.29, 1.82) is 0 Å².